The molecule has 21 heavy (non-hydrogen) atoms. The van der Waals surface area contributed by atoms with Crippen molar-refractivity contribution in [2.75, 3.05) is 0 Å². The third-order valence-electron chi connectivity index (χ3n) is 3.13. The highest BCUT2D eigenvalue weighted by molar-refractivity contribution is 9.10. The lowest BCUT2D eigenvalue weighted by atomic mass is 10.2. The number of azo groups is 1. The van der Waals surface area contributed by atoms with Crippen LogP contribution in [0.25, 0.3) is 10.9 Å². The van der Waals surface area contributed by atoms with Gasteiger partial charge >= 0.3 is 0 Å². The fourth-order valence-corrected chi connectivity index (χ4v) is 2.52. The molecule has 1 aromatic heterocycles. The van der Waals surface area contributed by atoms with E-state index in [0.717, 1.165) is 20.9 Å². The summed E-state index contributed by atoms with van der Waals surface area (Å²) < 4.78 is 0.906. The smallest absolute Gasteiger partial charge is 0.218 e. The monoisotopic (exact) mass is 363 g/mol. The number of nitrogens with zero attached hydrogens (tertiary/aromatic N) is 2. The van der Waals surface area contributed by atoms with Gasteiger partial charge in [0, 0.05) is 14.9 Å². The van der Waals surface area contributed by atoms with Crippen molar-refractivity contribution in [3.05, 3.63) is 51.5 Å². The number of fused-ring (bicyclic) bond motifs is 1. The van der Waals surface area contributed by atoms with Gasteiger partial charge in [-0.2, -0.15) is 5.11 Å². The molecule has 0 radical (unpaired) electrons. The molecular weight excluding hydrogens is 354 g/mol. The van der Waals surface area contributed by atoms with Crippen LogP contribution in [0.2, 0.25) is 5.02 Å². The van der Waals surface area contributed by atoms with E-state index in [0.29, 0.717) is 16.4 Å². The first-order chi connectivity index (χ1) is 10.0. The summed E-state index contributed by atoms with van der Waals surface area (Å²) in [5.41, 5.74) is 2.82. The van der Waals surface area contributed by atoms with E-state index in [1.54, 1.807) is 6.07 Å². The molecule has 0 spiro atoms. The second-order valence-corrected chi connectivity index (χ2v) is 5.97. The van der Waals surface area contributed by atoms with E-state index in [4.69, 9.17) is 11.6 Å². The molecule has 0 fully saturated rings. The van der Waals surface area contributed by atoms with Crippen molar-refractivity contribution in [3.63, 3.8) is 0 Å². The maximum Gasteiger partial charge on any atom is 0.218 e. The van der Waals surface area contributed by atoms with Gasteiger partial charge in [0.1, 0.15) is 0 Å². The van der Waals surface area contributed by atoms with E-state index >= 15 is 0 Å². The van der Waals surface area contributed by atoms with Crippen molar-refractivity contribution in [1.82, 2.24) is 4.98 Å². The zero-order valence-corrected chi connectivity index (χ0v) is 13.4. The summed E-state index contributed by atoms with van der Waals surface area (Å²) in [5, 5.41) is 19.7. The fraction of sp³-hybridized carbons (Fsp3) is 0.0667. The number of H-pyrrole nitrogens is 1. The fourth-order valence-electron chi connectivity index (χ4n) is 1.99. The number of nitrogens with one attached hydrogen (secondary N) is 1. The van der Waals surface area contributed by atoms with Crippen LogP contribution in [-0.4, -0.2) is 10.1 Å². The van der Waals surface area contributed by atoms with Crippen LogP contribution >= 0.6 is 27.5 Å². The highest BCUT2D eigenvalue weighted by Gasteiger charge is 2.10. The second-order valence-electron chi connectivity index (χ2n) is 4.65. The Bertz CT molecular complexity index is 857. The highest BCUT2D eigenvalue weighted by atomic mass is 79.9. The number of benzene rings is 2. The first-order valence-electron chi connectivity index (χ1n) is 6.22. The van der Waals surface area contributed by atoms with Crippen LogP contribution in [0.5, 0.6) is 5.88 Å². The number of halogens is 2. The normalized spacial score (nSPS) is 11.6. The number of rotatable bonds is 2. The van der Waals surface area contributed by atoms with E-state index in [-0.39, 0.29) is 5.88 Å². The van der Waals surface area contributed by atoms with Gasteiger partial charge in [-0.3, -0.25) is 0 Å². The average Bonchev–Trinajstić information content (AvgIpc) is 2.75. The Morgan fingerprint density at radius 1 is 1.14 bits per heavy atom. The van der Waals surface area contributed by atoms with Crippen molar-refractivity contribution in [2.45, 2.75) is 6.92 Å². The largest absolute Gasteiger partial charge is 0.493 e. The first kappa shape index (κ1) is 14.1. The number of aryl methyl sites for hydroxylation is 1. The lowest BCUT2D eigenvalue weighted by molar-refractivity contribution is 0.459. The molecule has 3 aromatic rings. The summed E-state index contributed by atoms with van der Waals surface area (Å²) in [6.45, 7) is 1.92. The Morgan fingerprint density at radius 2 is 1.95 bits per heavy atom. The number of hydrogen-bond donors (Lipinski definition) is 2. The third kappa shape index (κ3) is 2.80. The van der Waals surface area contributed by atoms with Gasteiger partial charge in [0.25, 0.3) is 0 Å². The molecule has 4 nitrogen and oxygen atoms in total. The zero-order chi connectivity index (χ0) is 15.0. The molecule has 3 rings (SSSR count). The molecule has 2 N–H and O–H groups in total. The summed E-state index contributed by atoms with van der Waals surface area (Å²) in [7, 11) is 0. The molecule has 0 atom stereocenters. The summed E-state index contributed by atoms with van der Waals surface area (Å²) in [6.07, 6.45) is 0. The first-order valence-corrected chi connectivity index (χ1v) is 7.40. The molecule has 0 saturated heterocycles. The van der Waals surface area contributed by atoms with Crippen molar-refractivity contribution < 1.29 is 5.11 Å². The van der Waals surface area contributed by atoms with Crippen LogP contribution in [-0.2, 0) is 0 Å². The average molecular weight is 365 g/mol. The van der Waals surface area contributed by atoms with Crippen molar-refractivity contribution in [1.29, 1.82) is 0 Å². The van der Waals surface area contributed by atoms with Gasteiger partial charge in [-0.1, -0.05) is 33.6 Å². The zero-order valence-electron chi connectivity index (χ0n) is 11.1. The maximum absolute atomic E-state index is 9.95. The van der Waals surface area contributed by atoms with Crippen LogP contribution in [0.4, 0.5) is 11.4 Å². The topological polar surface area (TPSA) is 60.7 Å². The van der Waals surface area contributed by atoms with Crippen LogP contribution in [0.15, 0.2) is 51.1 Å². The van der Waals surface area contributed by atoms with Gasteiger partial charge in [-0.05, 0) is 42.8 Å². The summed E-state index contributed by atoms with van der Waals surface area (Å²) >= 11 is 9.46. The number of aromatic hydroxyl groups is 1. The van der Waals surface area contributed by atoms with Gasteiger partial charge in [0.2, 0.25) is 5.88 Å². The van der Waals surface area contributed by atoms with Crippen LogP contribution in [0.3, 0.4) is 0 Å². The lowest BCUT2D eigenvalue weighted by Crippen LogP contribution is -1.72. The number of aromatic nitrogens is 1. The maximum atomic E-state index is 9.95. The standard InChI is InChI=1S/C15H11BrClN3O/c1-8-2-4-10(7-12(8)17)19-20-14-11-6-9(16)3-5-13(11)18-15(14)21/h2-7,18,21H,1H3. The predicted octanol–water partition coefficient (Wildman–Crippen LogP) is 6.01. The molecule has 2 aromatic carbocycles. The molecule has 0 aliphatic heterocycles. The Labute approximate surface area is 134 Å². The molecule has 106 valence electrons. The SMILES string of the molecule is Cc1ccc(N=Nc2c(O)[nH]c3ccc(Br)cc23)cc1Cl. The quantitative estimate of drug-likeness (QED) is 0.537. The van der Waals surface area contributed by atoms with Crippen LogP contribution in [0, 0.1) is 6.92 Å². The molecule has 1 heterocycles. The molecular formula is C15H11BrClN3O. The van der Waals surface area contributed by atoms with Gasteiger partial charge in [-0.25, -0.2) is 0 Å². The second kappa shape index (κ2) is 5.50. The van der Waals surface area contributed by atoms with E-state index in [1.165, 1.54) is 0 Å². The Balaban J connectivity index is 2.04. The van der Waals surface area contributed by atoms with Crippen LogP contribution in [0.1, 0.15) is 5.56 Å². The van der Waals surface area contributed by atoms with Crippen molar-refractivity contribution in [2.24, 2.45) is 10.2 Å². The summed E-state index contributed by atoms with van der Waals surface area (Å²) in [5.74, 6) is -0.00920. The van der Waals surface area contributed by atoms with Gasteiger partial charge in [-0.15, -0.1) is 5.11 Å². The minimum absolute atomic E-state index is 0.00920. The molecule has 0 bridgehead atoms. The Hall–Kier alpha value is -1.85. The summed E-state index contributed by atoms with van der Waals surface area (Å²) in [4.78, 5) is 2.87. The molecule has 0 amide bonds. The molecule has 6 heteroatoms. The molecule has 0 aliphatic carbocycles. The van der Waals surface area contributed by atoms with Gasteiger partial charge < -0.3 is 10.1 Å². The summed E-state index contributed by atoms with van der Waals surface area (Å²) in [6, 6.07) is 11.1. The predicted molar refractivity (Wildman–Crippen MR) is 88.0 cm³/mol. The number of hydrogen-bond acceptors (Lipinski definition) is 3. The van der Waals surface area contributed by atoms with Crippen molar-refractivity contribution >= 4 is 49.8 Å². The molecule has 0 unspecified atom stereocenters. The van der Waals surface area contributed by atoms with Gasteiger partial charge in [0.05, 0.1) is 11.2 Å². The molecule has 0 aliphatic rings. The van der Waals surface area contributed by atoms with E-state index in [2.05, 4.69) is 31.1 Å². The van der Waals surface area contributed by atoms with E-state index in [9.17, 15) is 5.11 Å². The Kier molecular flexibility index (Phi) is 3.69. The van der Waals surface area contributed by atoms with E-state index in [1.807, 2.05) is 37.3 Å². The molecule has 0 saturated carbocycles. The lowest BCUT2D eigenvalue weighted by Gasteiger charge is -1.98. The number of aromatic amines is 1. The van der Waals surface area contributed by atoms with Crippen molar-refractivity contribution in [3.8, 4) is 5.88 Å². The minimum atomic E-state index is -0.00920. The highest BCUT2D eigenvalue weighted by Crippen LogP contribution is 2.37. The Morgan fingerprint density at radius 3 is 2.71 bits per heavy atom. The van der Waals surface area contributed by atoms with E-state index < -0.39 is 0 Å². The third-order valence-corrected chi connectivity index (χ3v) is 4.04. The van der Waals surface area contributed by atoms with Crippen LogP contribution < -0.4 is 0 Å². The minimum Gasteiger partial charge on any atom is -0.493 e. The van der Waals surface area contributed by atoms with Gasteiger partial charge in [0.15, 0.2) is 5.69 Å².